The summed E-state index contributed by atoms with van der Waals surface area (Å²) in [4.78, 5) is 10.7. The normalized spacial score (nSPS) is 33.8. The topological polar surface area (TPSA) is 82.8 Å². The Hall–Kier alpha value is -0.690. The molecule has 2 aliphatic rings. The molecule has 2 heterocycles. The van der Waals surface area contributed by atoms with Gasteiger partial charge < -0.3 is 25.3 Å². The van der Waals surface area contributed by atoms with Crippen LogP contribution in [0.15, 0.2) is 0 Å². The van der Waals surface area contributed by atoms with E-state index in [1.165, 1.54) is 0 Å². The van der Waals surface area contributed by atoms with E-state index in [0.29, 0.717) is 19.1 Å². The molecule has 0 bridgehead atoms. The molecule has 0 aromatic heterocycles. The summed E-state index contributed by atoms with van der Waals surface area (Å²) in [5, 5.41) is 3.47. The molecule has 0 unspecified atom stereocenters. The van der Waals surface area contributed by atoms with Crippen molar-refractivity contribution < 1.29 is 19.0 Å². The second-order valence-electron chi connectivity index (χ2n) is 5.65. The highest BCUT2D eigenvalue weighted by Crippen LogP contribution is 2.28. The molecule has 2 fully saturated rings. The van der Waals surface area contributed by atoms with Crippen LogP contribution < -0.4 is 11.1 Å². The lowest BCUT2D eigenvalue weighted by Gasteiger charge is -2.18. The number of ether oxygens (including phenoxy) is 3. The molecule has 1 amide bonds. The maximum Gasteiger partial charge on any atom is 0.243 e. The number of fused-ring (bicyclic) bond motifs is 1. The van der Waals surface area contributed by atoms with Crippen molar-refractivity contribution in [3.05, 3.63) is 0 Å². The van der Waals surface area contributed by atoms with E-state index < -0.39 is 5.91 Å². The van der Waals surface area contributed by atoms with E-state index in [9.17, 15) is 4.79 Å². The first-order chi connectivity index (χ1) is 9.08. The predicted octanol–water partition coefficient (Wildman–Crippen LogP) is -0.341. The maximum atomic E-state index is 10.7. The van der Waals surface area contributed by atoms with Gasteiger partial charge in [-0.2, -0.15) is 0 Å². The second-order valence-corrected chi connectivity index (χ2v) is 5.65. The van der Waals surface area contributed by atoms with Gasteiger partial charge in [-0.1, -0.05) is 13.8 Å². The van der Waals surface area contributed by atoms with Crippen LogP contribution in [0.25, 0.3) is 0 Å². The number of carbonyl (C=O) groups is 1. The molecule has 2 saturated heterocycles. The molecule has 19 heavy (non-hydrogen) atoms. The molecule has 2 aliphatic heterocycles. The van der Waals surface area contributed by atoms with E-state index in [1.807, 2.05) is 0 Å². The number of hydrogen-bond donors (Lipinski definition) is 2. The SMILES string of the molecule is CC(C)CCN[C@H]1CO[C@H]2[C@@H]1OC[C@H]2OCC(N)=O. The maximum absolute atomic E-state index is 10.7. The van der Waals surface area contributed by atoms with Crippen LogP contribution in [-0.2, 0) is 19.0 Å². The molecule has 3 N–H and O–H groups in total. The number of amides is 1. The smallest absolute Gasteiger partial charge is 0.243 e. The lowest BCUT2D eigenvalue weighted by Crippen LogP contribution is -2.42. The molecule has 0 spiro atoms. The zero-order chi connectivity index (χ0) is 13.8. The summed E-state index contributed by atoms with van der Waals surface area (Å²) < 4.78 is 16.9. The largest absolute Gasteiger partial charge is 0.371 e. The molecule has 6 heteroatoms. The van der Waals surface area contributed by atoms with Crippen molar-refractivity contribution in [3.8, 4) is 0 Å². The van der Waals surface area contributed by atoms with E-state index in [2.05, 4.69) is 19.2 Å². The quantitative estimate of drug-likeness (QED) is 0.662. The summed E-state index contributed by atoms with van der Waals surface area (Å²) in [5.41, 5.74) is 5.07. The van der Waals surface area contributed by atoms with E-state index >= 15 is 0 Å². The summed E-state index contributed by atoms with van der Waals surface area (Å²) >= 11 is 0. The minimum atomic E-state index is -0.465. The van der Waals surface area contributed by atoms with Crippen LogP contribution in [0.5, 0.6) is 0 Å². The Morgan fingerprint density at radius 2 is 2.11 bits per heavy atom. The van der Waals surface area contributed by atoms with Crippen LogP contribution in [0.4, 0.5) is 0 Å². The molecule has 0 radical (unpaired) electrons. The highest BCUT2D eigenvalue weighted by Gasteiger charge is 2.48. The fourth-order valence-corrected chi connectivity index (χ4v) is 2.53. The van der Waals surface area contributed by atoms with Crippen molar-refractivity contribution in [1.29, 1.82) is 0 Å². The third kappa shape index (κ3) is 3.89. The van der Waals surface area contributed by atoms with Gasteiger partial charge in [-0.3, -0.25) is 4.79 Å². The molecule has 0 aromatic carbocycles. The van der Waals surface area contributed by atoms with Crippen molar-refractivity contribution in [1.82, 2.24) is 5.32 Å². The van der Waals surface area contributed by atoms with Crippen LogP contribution in [0.3, 0.4) is 0 Å². The molecular weight excluding hydrogens is 248 g/mol. The van der Waals surface area contributed by atoms with Gasteiger partial charge in [0.2, 0.25) is 5.91 Å². The van der Waals surface area contributed by atoms with Gasteiger partial charge in [0, 0.05) is 0 Å². The molecule has 2 rings (SSSR count). The summed E-state index contributed by atoms with van der Waals surface area (Å²) in [6.45, 7) is 6.39. The first kappa shape index (κ1) is 14.7. The number of carbonyl (C=O) groups excluding carboxylic acids is 1. The average molecular weight is 272 g/mol. The number of nitrogens with one attached hydrogen (secondary N) is 1. The summed E-state index contributed by atoms with van der Waals surface area (Å²) in [5.74, 6) is 0.217. The third-order valence-corrected chi connectivity index (χ3v) is 3.58. The Balaban J connectivity index is 1.75. The van der Waals surface area contributed by atoms with Gasteiger partial charge >= 0.3 is 0 Å². The molecular formula is C13H24N2O4. The highest BCUT2D eigenvalue weighted by atomic mass is 16.6. The van der Waals surface area contributed by atoms with Gasteiger partial charge in [-0.25, -0.2) is 0 Å². The van der Waals surface area contributed by atoms with E-state index in [0.717, 1.165) is 13.0 Å². The van der Waals surface area contributed by atoms with Crippen LogP contribution in [0.2, 0.25) is 0 Å². The zero-order valence-electron chi connectivity index (χ0n) is 11.6. The van der Waals surface area contributed by atoms with Crippen LogP contribution in [0.1, 0.15) is 20.3 Å². The minimum Gasteiger partial charge on any atom is -0.371 e. The van der Waals surface area contributed by atoms with Gasteiger partial charge in [-0.05, 0) is 18.9 Å². The Labute approximate surface area is 113 Å². The summed E-state index contributed by atoms with van der Waals surface area (Å²) in [6, 6.07) is 0.214. The molecule has 6 nitrogen and oxygen atoms in total. The Morgan fingerprint density at radius 3 is 2.79 bits per heavy atom. The predicted molar refractivity (Wildman–Crippen MR) is 69.7 cm³/mol. The molecule has 0 saturated carbocycles. The van der Waals surface area contributed by atoms with Crippen molar-refractivity contribution >= 4 is 5.91 Å². The van der Waals surface area contributed by atoms with Crippen molar-refractivity contribution in [2.75, 3.05) is 26.4 Å². The van der Waals surface area contributed by atoms with Gasteiger partial charge in [0.25, 0.3) is 0 Å². The van der Waals surface area contributed by atoms with E-state index in [-0.39, 0.29) is 31.0 Å². The van der Waals surface area contributed by atoms with Gasteiger partial charge in [0.1, 0.15) is 24.9 Å². The van der Waals surface area contributed by atoms with Crippen molar-refractivity contribution in [3.63, 3.8) is 0 Å². The van der Waals surface area contributed by atoms with Crippen LogP contribution in [0, 0.1) is 5.92 Å². The number of rotatable bonds is 7. The van der Waals surface area contributed by atoms with Crippen molar-refractivity contribution in [2.45, 2.75) is 44.6 Å². The van der Waals surface area contributed by atoms with Gasteiger partial charge in [0.15, 0.2) is 0 Å². The summed E-state index contributed by atoms with van der Waals surface area (Å²) in [6.07, 6.45) is 0.880. The van der Waals surface area contributed by atoms with Crippen molar-refractivity contribution in [2.24, 2.45) is 11.7 Å². The van der Waals surface area contributed by atoms with E-state index in [4.69, 9.17) is 19.9 Å². The summed E-state index contributed by atoms with van der Waals surface area (Å²) in [7, 11) is 0. The van der Waals surface area contributed by atoms with E-state index in [1.54, 1.807) is 0 Å². The number of primary amides is 1. The Morgan fingerprint density at radius 1 is 1.37 bits per heavy atom. The Kier molecular flexibility index (Phi) is 5.15. The average Bonchev–Trinajstić information content (AvgIpc) is 2.89. The lowest BCUT2D eigenvalue weighted by atomic mass is 10.1. The van der Waals surface area contributed by atoms with Crippen LogP contribution >= 0.6 is 0 Å². The molecule has 4 atom stereocenters. The fourth-order valence-electron chi connectivity index (χ4n) is 2.53. The monoisotopic (exact) mass is 272 g/mol. The fraction of sp³-hybridized carbons (Fsp3) is 0.923. The minimum absolute atomic E-state index is 0.0186. The van der Waals surface area contributed by atoms with Crippen LogP contribution in [-0.4, -0.2) is 56.6 Å². The zero-order valence-corrected chi connectivity index (χ0v) is 11.6. The first-order valence-electron chi connectivity index (χ1n) is 6.94. The lowest BCUT2D eigenvalue weighted by molar-refractivity contribution is -0.126. The highest BCUT2D eigenvalue weighted by molar-refractivity contribution is 5.75. The molecule has 0 aliphatic carbocycles. The van der Waals surface area contributed by atoms with Gasteiger partial charge in [-0.15, -0.1) is 0 Å². The van der Waals surface area contributed by atoms with Gasteiger partial charge in [0.05, 0.1) is 19.3 Å². The second kappa shape index (κ2) is 6.65. The molecule has 110 valence electrons. The first-order valence-corrected chi connectivity index (χ1v) is 6.94. The standard InChI is InChI=1S/C13H24N2O4/c1-8(2)3-4-15-9-5-18-13-10(6-19-12(9)13)17-7-11(14)16/h8-10,12-13,15H,3-7H2,1-2H3,(H2,14,16)/t9-,10+,12+,13+/m0/s1. The number of nitrogens with two attached hydrogens (primary N) is 1. The number of hydrogen-bond acceptors (Lipinski definition) is 5. The third-order valence-electron chi connectivity index (χ3n) is 3.58. The molecule has 0 aromatic rings. The Bertz CT molecular complexity index is 311.